The van der Waals surface area contributed by atoms with E-state index in [2.05, 4.69) is 27.4 Å². The molecule has 4 rings (SSSR count). The Kier molecular flexibility index (Phi) is 4.53. The number of aromatic nitrogens is 2. The quantitative estimate of drug-likeness (QED) is 0.747. The highest BCUT2D eigenvalue weighted by Gasteiger charge is 2.19. The lowest BCUT2D eigenvalue weighted by molar-refractivity contribution is 0.102. The number of halogens is 1. The number of aryl methyl sites for hydroxylation is 1. The number of pyridine rings is 1. The predicted octanol–water partition coefficient (Wildman–Crippen LogP) is 2.83. The van der Waals surface area contributed by atoms with Crippen LogP contribution in [-0.2, 0) is 0 Å². The minimum Gasteiger partial charge on any atom is -0.369 e. The zero-order valence-electron chi connectivity index (χ0n) is 15.4. The number of carbonyl (C=O) groups is 1. The molecule has 3 heterocycles. The molecule has 1 unspecified atom stereocenters. The van der Waals surface area contributed by atoms with Crippen molar-refractivity contribution in [2.45, 2.75) is 19.9 Å². The van der Waals surface area contributed by atoms with Crippen molar-refractivity contribution >= 4 is 22.9 Å². The molecule has 0 bridgehead atoms. The number of nitrogens with one attached hydrogen (secondary N) is 2. The number of hydrogen-bond acceptors (Lipinski definition) is 4. The molecule has 1 aliphatic heterocycles. The topological polar surface area (TPSA) is 61.7 Å². The van der Waals surface area contributed by atoms with Gasteiger partial charge in [-0.05, 0) is 44.2 Å². The van der Waals surface area contributed by atoms with Crippen molar-refractivity contribution in [3.63, 3.8) is 0 Å². The normalized spacial score (nSPS) is 17.3. The van der Waals surface area contributed by atoms with Crippen molar-refractivity contribution in [3.05, 3.63) is 59.8 Å². The molecule has 1 aliphatic rings. The van der Waals surface area contributed by atoms with Gasteiger partial charge in [0.05, 0.1) is 16.9 Å². The molecular formula is C20H22FN5O. The van der Waals surface area contributed by atoms with E-state index in [4.69, 9.17) is 0 Å². The molecule has 1 aromatic carbocycles. The van der Waals surface area contributed by atoms with E-state index >= 15 is 0 Å². The van der Waals surface area contributed by atoms with Crippen LogP contribution in [0.4, 0.5) is 15.8 Å². The molecule has 6 nitrogen and oxygen atoms in total. The standard InChI is InChI=1S/C20H22FN5O/c1-13-10-25(8-7-22-13)16-4-5-17(18(21)9-16)20(27)24-15-3-6-19-23-14(2)11-26(19)12-15/h3-6,9,11-13,22H,7-8,10H2,1-2H3,(H,24,27). The summed E-state index contributed by atoms with van der Waals surface area (Å²) in [7, 11) is 0. The summed E-state index contributed by atoms with van der Waals surface area (Å²) >= 11 is 0. The van der Waals surface area contributed by atoms with Gasteiger partial charge in [0, 0.05) is 43.8 Å². The maximum atomic E-state index is 14.6. The van der Waals surface area contributed by atoms with Crippen molar-refractivity contribution in [1.29, 1.82) is 0 Å². The number of piperazine rings is 1. The highest BCUT2D eigenvalue weighted by Crippen LogP contribution is 2.21. The summed E-state index contributed by atoms with van der Waals surface area (Å²) in [6.07, 6.45) is 3.64. The number of amides is 1. The highest BCUT2D eigenvalue weighted by atomic mass is 19.1. The van der Waals surface area contributed by atoms with Gasteiger partial charge in [0.15, 0.2) is 0 Å². The zero-order valence-corrected chi connectivity index (χ0v) is 15.4. The Morgan fingerprint density at radius 2 is 2.15 bits per heavy atom. The predicted molar refractivity (Wildman–Crippen MR) is 104 cm³/mol. The van der Waals surface area contributed by atoms with Gasteiger partial charge in [0.25, 0.3) is 5.91 Å². The molecule has 1 atom stereocenters. The van der Waals surface area contributed by atoms with E-state index in [1.807, 2.05) is 23.6 Å². The summed E-state index contributed by atoms with van der Waals surface area (Å²) in [5, 5.41) is 6.12. The molecule has 27 heavy (non-hydrogen) atoms. The fourth-order valence-corrected chi connectivity index (χ4v) is 3.44. The molecule has 7 heteroatoms. The summed E-state index contributed by atoms with van der Waals surface area (Å²) in [6, 6.07) is 8.72. The third kappa shape index (κ3) is 3.64. The fraction of sp³-hybridized carbons (Fsp3) is 0.300. The van der Waals surface area contributed by atoms with Crippen LogP contribution in [0.5, 0.6) is 0 Å². The van der Waals surface area contributed by atoms with E-state index in [0.717, 1.165) is 36.7 Å². The molecule has 2 aromatic heterocycles. The molecule has 0 aliphatic carbocycles. The largest absolute Gasteiger partial charge is 0.369 e. The Balaban J connectivity index is 1.52. The van der Waals surface area contributed by atoms with Gasteiger partial charge in [-0.3, -0.25) is 4.79 Å². The lowest BCUT2D eigenvalue weighted by Crippen LogP contribution is -2.49. The average Bonchev–Trinajstić information content (AvgIpc) is 3.00. The smallest absolute Gasteiger partial charge is 0.258 e. The summed E-state index contributed by atoms with van der Waals surface area (Å²) in [5.41, 5.74) is 3.11. The Bertz CT molecular complexity index is 999. The molecule has 0 radical (unpaired) electrons. The first-order valence-corrected chi connectivity index (χ1v) is 9.04. The number of fused-ring (bicyclic) bond motifs is 1. The third-order valence-corrected chi connectivity index (χ3v) is 4.76. The van der Waals surface area contributed by atoms with Gasteiger partial charge in [-0.2, -0.15) is 0 Å². The van der Waals surface area contributed by atoms with E-state index in [1.165, 1.54) is 6.07 Å². The number of carbonyl (C=O) groups excluding carboxylic acids is 1. The lowest BCUT2D eigenvalue weighted by Gasteiger charge is -2.33. The van der Waals surface area contributed by atoms with Crippen molar-refractivity contribution in [2.24, 2.45) is 0 Å². The maximum Gasteiger partial charge on any atom is 0.258 e. The first kappa shape index (κ1) is 17.5. The van der Waals surface area contributed by atoms with Gasteiger partial charge in [-0.1, -0.05) is 0 Å². The summed E-state index contributed by atoms with van der Waals surface area (Å²) < 4.78 is 16.4. The second kappa shape index (κ2) is 7.00. The SMILES string of the molecule is Cc1cn2cc(NC(=O)c3ccc(N4CCNC(C)C4)cc3F)ccc2n1. The second-order valence-electron chi connectivity index (χ2n) is 6.98. The van der Waals surface area contributed by atoms with Crippen molar-refractivity contribution in [1.82, 2.24) is 14.7 Å². The number of anilines is 2. The van der Waals surface area contributed by atoms with Crippen LogP contribution in [0.1, 0.15) is 23.0 Å². The molecule has 1 fully saturated rings. The summed E-state index contributed by atoms with van der Waals surface area (Å²) in [4.78, 5) is 19.0. The number of benzene rings is 1. The summed E-state index contributed by atoms with van der Waals surface area (Å²) in [5.74, 6) is -0.986. The molecule has 140 valence electrons. The van der Waals surface area contributed by atoms with Gasteiger partial charge >= 0.3 is 0 Å². The van der Waals surface area contributed by atoms with Gasteiger partial charge in [-0.15, -0.1) is 0 Å². The van der Waals surface area contributed by atoms with Crippen LogP contribution in [0.15, 0.2) is 42.7 Å². The number of nitrogens with zero attached hydrogens (tertiary/aromatic N) is 3. The molecular weight excluding hydrogens is 345 g/mol. The van der Waals surface area contributed by atoms with Crippen LogP contribution >= 0.6 is 0 Å². The van der Waals surface area contributed by atoms with Crippen LogP contribution in [0, 0.1) is 12.7 Å². The highest BCUT2D eigenvalue weighted by molar-refractivity contribution is 6.04. The van der Waals surface area contributed by atoms with Crippen molar-refractivity contribution < 1.29 is 9.18 Å². The van der Waals surface area contributed by atoms with Crippen LogP contribution in [-0.4, -0.2) is 41.0 Å². The van der Waals surface area contributed by atoms with Gasteiger partial charge in [-0.25, -0.2) is 9.37 Å². The Morgan fingerprint density at radius 3 is 2.93 bits per heavy atom. The van der Waals surface area contributed by atoms with E-state index < -0.39 is 11.7 Å². The first-order chi connectivity index (χ1) is 13.0. The molecule has 0 spiro atoms. The van der Waals surface area contributed by atoms with Crippen LogP contribution in [0.3, 0.4) is 0 Å². The molecule has 0 saturated carbocycles. The number of rotatable bonds is 3. The van der Waals surface area contributed by atoms with E-state index in [9.17, 15) is 9.18 Å². The van der Waals surface area contributed by atoms with Gasteiger partial charge < -0.3 is 19.9 Å². The second-order valence-corrected chi connectivity index (χ2v) is 6.98. The molecule has 1 saturated heterocycles. The molecule has 2 N–H and O–H groups in total. The molecule has 1 amide bonds. The van der Waals surface area contributed by atoms with E-state index in [0.29, 0.717) is 11.7 Å². The fourth-order valence-electron chi connectivity index (χ4n) is 3.44. The van der Waals surface area contributed by atoms with Crippen molar-refractivity contribution in [3.8, 4) is 0 Å². The van der Waals surface area contributed by atoms with Gasteiger partial charge in [0.2, 0.25) is 0 Å². The third-order valence-electron chi connectivity index (χ3n) is 4.76. The monoisotopic (exact) mass is 367 g/mol. The van der Waals surface area contributed by atoms with Gasteiger partial charge in [0.1, 0.15) is 11.5 Å². The molecule has 3 aromatic rings. The van der Waals surface area contributed by atoms with E-state index in [1.54, 1.807) is 24.4 Å². The van der Waals surface area contributed by atoms with Crippen LogP contribution in [0.2, 0.25) is 0 Å². The van der Waals surface area contributed by atoms with Crippen molar-refractivity contribution in [2.75, 3.05) is 29.9 Å². The minimum atomic E-state index is -0.518. The van der Waals surface area contributed by atoms with Crippen LogP contribution < -0.4 is 15.5 Å². The Hall–Kier alpha value is -2.93. The maximum absolute atomic E-state index is 14.6. The Morgan fingerprint density at radius 1 is 1.30 bits per heavy atom. The zero-order chi connectivity index (χ0) is 19.0. The average molecular weight is 367 g/mol. The minimum absolute atomic E-state index is 0.0313. The summed E-state index contributed by atoms with van der Waals surface area (Å²) in [6.45, 7) is 6.50. The first-order valence-electron chi connectivity index (χ1n) is 9.04. The lowest BCUT2D eigenvalue weighted by atomic mass is 10.1. The number of hydrogen-bond donors (Lipinski definition) is 2. The number of imidazole rings is 1. The van der Waals surface area contributed by atoms with Crippen LogP contribution in [0.25, 0.3) is 5.65 Å². The van der Waals surface area contributed by atoms with E-state index in [-0.39, 0.29) is 5.56 Å². The Labute approximate surface area is 157 Å².